The Morgan fingerprint density at radius 3 is 2.51 bits per heavy atom. The van der Waals surface area contributed by atoms with Gasteiger partial charge in [0.2, 0.25) is 5.96 Å². The molecule has 3 heterocycles. The van der Waals surface area contributed by atoms with Gasteiger partial charge in [0, 0.05) is 36.6 Å². The van der Waals surface area contributed by atoms with Gasteiger partial charge in [0.15, 0.2) is 15.5 Å². The number of aromatic nitrogens is 5. The highest BCUT2D eigenvalue weighted by Crippen LogP contribution is 2.43. The van der Waals surface area contributed by atoms with E-state index in [-0.39, 0.29) is 42.7 Å². The summed E-state index contributed by atoms with van der Waals surface area (Å²) in [6.07, 6.45) is 7.45. The third-order valence-corrected chi connectivity index (χ3v) is 8.68. The van der Waals surface area contributed by atoms with E-state index in [0.717, 1.165) is 17.5 Å². The van der Waals surface area contributed by atoms with Gasteiger partial charge in [-0.2, -0.15) is 14.7 Å². The van der Waals surface area contributed by atoms with Crippen LogP contribution in [0.25, 0.3) is 22.5 Å². The summed E-state index contributed by atoms with van der Waals surface area (Å²) >= 11 is 0. The van der Waals surface area contributed by atoms with Crippen LogP contribution in [0.15, 0.2) is 53.8 Å². The van der Waals surface area contributed by atoms with Crippen LogP contribution in [0.1, 0.15) is 37.3 Å². The van der Waals surface area contributed by atoms with Crippen LogP contribution in [0.3, 0.4) is 0 Å². The summed E-state index contributed by atoms with van der Waals surface area (Å²) < 4.78 is 40.2. The van der Waals surface area contributed by atoms with E-state index in [1.54, 1.807) is 17.1 Å². The number of methoxy groups -OCH3 is 1. The van der Waals surface area contributed by atoms with Crippen molar-refractivity contribution in [1.82, 2.24) is 35.2 Å². The predicted molar refractivity (Wildman–Crippen MR) is 158 cm³/mol. The molecule has 0 aliphatic heterocycles. The van der Waals surface area contributed by atoms with Crippen molar-refractivity contribution in [2.75, 3.05) is 32.3 Å². The van der Waals surface area contributed by atoms with Gasteiger partial charge in [-0.3, -0.25) is 21.1 Å². The molecular formula is C27H34N10O5S. The zero-order valence-corrected chi connectivity index (χ0v) is 24.6. The second kappa shape index (κ2) is 12.0. The lowest BCUT2D eigenvalue weighted by Gasteiger charge is -2.38. The predicted octanol–water partition coefficient (Wildman–Crippen LogP) is 1.14. The number of anilines is 1. The summed E-state index contributed by atoms with van der Waals surface area (Å²) in [5.74, 6) is -1.30. The Hall–Kier alpha value is -4.54. The zero-order valence-electron chi connectivity index (χ0n) is 23.8. The number of hydrogen-bond donors (Lipinski definition) is 5. The van der Waals surface area contributed by atoms with Crippen LogP contribution in [0, 0.1) is 5.41 Å². The monoisotopic (exact) mass is 610 g/mol. The van der Waals surface area contributed by atoms with Crippen LogP contribution in [-0.4, -0.2) is 76.8 Å². The van der Waals surface area contributed by atoms with E-state index < -0.39 is 27.3 Å². The van der Waals surface area contributed by atoms with Crippen molar-refractivity contribution < 1.29 is 22.7 Å². The second-order valence-corrected chi connectivity index (χ2v) is 12.3. The van der Waals surface area contributed by atoms with Crippen LogP contribution in [0.5, 0.6) is 0 Å². The standard InChI is InChI=1S/C27H34N10O5S/c1-41-12-13-42-27(25(38)34-35-26(29)30)10-8-17(9-11-27)21-22(43(2,39)40)23(28)37-24(33-21)20(15-32-37)18-14-31-36(16-18)19-6-4-3-5-7-19/h3-7,14-17H,8-13,28H2,1-2H3,(H,34,38)(H4,29,30,35)/t17-,27+. The molecule has 3 aromatic heterocycles. The van der Waals surface area contributed by atoms with E-state index in [0.29, 0.717) is 29.7 Å². The fraction of sp³-hybridized carbons (Fsp3) is 0.370. The molecule has 1 amide bonds. The SMILES string of the molecule is COCCO[C@]1(C(=O)NNC(=N)N)CC[C@H](c2nc3c(-c4cnn(-c5ccccc5)c4)cnn3c(N)c2S(C)(=O)=O)CC1. The number of carbonyl (C=O) groups is 1. The van der Waals surface area contributed by atoms with E-state index in [4.69, 9.17) is 31.3 Å². The molecule has 5 rings (SSSR count). The van der Waals surface area contributed by atoms with Crippen molar-refractivity contribution >= 4 is 33.2 Å². The molecule has 0 saturated heterocycles. The number of sulfone groups is 1. The molecule has 1 saturated carbocycles. The summed E-state index contributed by atoms with van der Waals surface area (Å²) in [6, 6.07) is 9.61. The van der Waals surface area contributed by atoms with Crippen LogP contribution >= 0.6 is 0 Å². The first-order valence-electron chi connectivity index (χ1n) is 13.5. The van der Waals surface area contributed by atoms with Crippen LogP contribution in [0.2, 0.25) is 0 Å². The van der Waals surface area contributed by atoms with Crippen molar-refractivity contribution in [3.8, 4) is 16.8 Å². The number of nitrogens with zero attached hydrogens (tertiary/aromatic N) is 5. The minimum Gasteiger partial charge on any atom is -0.382 e. The number of rotatable bonds is 9. The maximum absolute atomic E-state index is 13.1. The number of nitrogens with one attached hydrogen (secondary N) is 3. The molecule has 0 bridgehead atoms. The number of hydrazine groups is 1. The summed E-state index contributed by atoms with van der Waals surface area (Å²) in [4.78, 5) is 17.9. The van der Waals surface area contributed by atoms with Gasteiger partial charge in [0.05, 0.1) is 37.0 Å². The van der Waals surface area contributed by atoms with E-state index in [2.05, 4.69) is 21.0 Å². The summed E-state index contributed by atoms with van der Waals surface area (Å²) in [7, 11) is -2.28. The Kier molecular flexibility index (Phi) is 8.34. The normalized spacial score (nSPS) is 18.9. The number of nitrogen functional groups attached to an aromatic ring is 1. The molecule has 0 atom stereocenters. The maximum atomic E-state index is 13.1. The maximum Gasteiger partial charge on any atom is 0.270 e. The number of hydrogen-bond acceptors (Lipinski definition) is 10. The fourth-order valence-corrected chi connectivity index (χ4v) is 6.47. The first-order valence-corrected chi connectivity index (χ1v) is 15.4. The lowest BCUT2D eigenvalue weighted by Crippen LogP contribution is -2.57. The summed E-state index contributed by atoms with van der Waals surface area (Å²) in [5.41, 5.74) is 18.2. The van der Waals surface area contributed by atoms with Crippen molar-refractivity contribution in [2.24, 2.45) is 5.73 Å². The molecule has 1 aliphatic carbocycles. The highest BCUT2D eigenvalue weighted by Gasteiger charge is 2.45. The largest absolute Gasteiger partial charge is 0.382 e. The van der Waals surface area contributed by atoms with Crippen molar-refractivity contribution in [3.63, 3.8) is 0 Å². The Morgan fingerprint density at radius 1 is 1.14 bits per heavy atom. The molecule has 1 aliphatic rings. The van der Waals surface area contributed by atoms with Gasteiger partial charge < -0.3 is 20.9 Å². The molecule has 16 heteroatoms. The van der Waals surface area contributed by atoms with Gasteiger partial charge in [0.1, 0.15) is 16.3 Å². The molecule has 0 unspecified atom stereocenters. The third kappa shape index (κ3) is 6.02. The number of carbonyl (C=O) groups excluding carboxylic acids is 1. The molecule has 1 aromatic carbocycles. The van der Waals surface area contributed by atoms with Gasteiger partial charge >= 0.3 is 0 Å². The minimum absolute atomic E-state index is 0.0409. The average Bonchev–Trinajstić information content (AvgIpc) is 3.64. The number of fused-ring (bicyclic) bond motifs is 1. The van der Waals surface area contributed by atoms with Crippen LogP contribution in [0.4, 0.5) is 5.82 Å². The highest BCUT2D eigenvalue weighted by atomic mass is 32.2. The van der Waals surface area contributed by atoms with Crippen molar-refractivity contribution in [3.05, 3.63) is 54.6 Å². The van der Waals surface area contributed by atoms with Crippen LogP contribution < -0.4 is 22.3 Å². The van der Waals surface area contributed by atoms with Gasteiger partial charge in [-0.05, 0) is 37.8 Å². The van der Waals surface area contributed by atoms with Crippen LogP contribution in [-0.2, 0) is 24.1 Å². The smallest absolute Gasteiger partial charge is 0.270 e. The third-order valence-electron chi connectivity index (χ3n) is 7.52. The Morgan fingerprint density at radius 2 is 1.86 bits per heavy atom. The van der Waals surface area contributed by atoms with E-state index in [1.807, 2.05) is 36.5 Å². The first-order chi connectivity index (χ1) is 20.5. The first kappa shape index (κ1) is 29.9. The second-order valence-electron chi connectivity index (χ2n) is 10.4. The quantitative estimate of drug-likeness (QED) is 0.0783. The molecule has 15 nitrogen and oxygen atoms in total. The average molecular weight is 611 g/mol. The lowest BCUT2D eigenvalue weighted by atomic mass is 9.76. The molecule has 228 valence electrons. The molecule has 43 heavy (non-hydrogen) atoms. The van der Waals surface area contributed by atoms with Gasteiger partial charge in [-0.25, -0.2) is 18.1 Å². The van der Waals surface area contributed by atoms with Crippen molar-refractivity contribution in [2.45, 2.75) is 42.1 Å². The van der Waals surface area contributed by atoms with E-state index in [9.17, 15) is 13.2 Å². The Bertz CT molecular complexity index is 1740. The van der Waals surface area contributed by atoms with Crippen molar-refractivity contribution in [1.29, 1.82) is 5.41 Å². The van der Waals surface area contributed by atoms with Gasteiger partial charge in [-0.1, -0.05) is 18.2 Å². The molecule has 0 radical (unpaired) electrons. The highest BCUT2D eigenvalue weighted by molar-refractivity contribution is 7.91. The zero-order chi connectivity index (χ0) is 30.8. The summed E-state index contributed by atoms with van der Waals surface area (Å²) in [5, 5.41) is 16.2. The number of guanidine groups is 1. The number of benzene rings is 1. The molecular weight excluding hydrogens is 576 g/mol. The molecule has 4 aromatic rings. The number of nitrogens with two attached hydrogens (primary N) is 2. The fourth-order valence-electron chi connectivity index (χ4n) is 5.42. The van der Waals surface area contributed by atoms with Gasteiger partial charge in [0.25, 0.3) is 5.91 Å². The number of para-hydroxylation sites is 1. The van der Waals surface area contributed by atoms with E-state index in [1.165, 1.54) is 11.6 Å². The number of amides is 1. The van der Waals surface area contributed by atoms with E-state index >= 15 is 0 Å². The molecule has 1 fully saturated rings. The Balaban J connectivity index is 1.51. The molecule has 0 spiro atoms. The van der Waals surface area contributed by atoms with Gasteiger partial charge in [-0.15, -0.1) is 0 Å². The topological polar surface area (TPSA) is 218 Å². The number of ether oxygens (including phenoxy) is 2. The minimum atomic E-state index is -3.81. The Labute approximate surface area is 248 Å². The lowest BCUT2D eigenvalue weighted by molar-refractivity contribution is -0.155. The molecule has 7 N–H and O–H groups in total. The summed E-state index contributed by atoms with van der Waals surface area (Å²) in [6.45, 7) is 0.437.